The van der Waals surface area contributed by atoms with Gasteiger partial charge in [0.1, 0.15) is 5.75 Å². The van der Waals surface area contributed by atoms with Crippen LogP contribution in [0.15, 0.2) is 96.3 Å². The second-order valence-corrected chi connectivity index (χ2v) is 7.46. The van der Waals surface area contributed by atoms with Crippen molar-refractivity contribution in [2.24, 2.45) is 0 Å². The molecule has 1 aromatic heterocycles. The highest BCUT2D eigenvalue weighted by Crippen LogP contribution is 2.28. The van der Waals surface area contributed by atoms with Crippen molar-refractivity contribution in [1.82, 2.24) is 9.55 Å². The van der Waals surface area contributed by atoms with Crippen molar-refractivity contribution in [1.29, 1.82) is 0 Å². The van der Waals surface area contributed by atoms with Crippen molar-refractivity contribution < 1.29 is 9.53 Å². The van der Waals surface area contributed by atoms with Crippen LogP contribution >= 0.6 is 11.8 Å². The molecular weight excluding hydrogens is 394 g/mol. The van der Waals surface area contributed by atoms with Gasteiger partial charge in [-0.15, -0.1) is 0 Å². The number of ether oxygens (including phenoxy) is 1. The van der Waals surface area contributed by atoms with Gasteiger partial charge >= 0.3 is 0 Å². The number of aromatic nitrogens is 2. The Labute approximate surface area is 179 Å². The molecule has 0 radical (unpaired) electrons. The maximum atomic E-state index is 12.6. The van der Waals surface area contributed by atoms with E-state index >= 15 is 0 Å². The summed E-state index contributed by atoms with van der Waals surface area (Å²) >= 11 is 1.40. The van der Waals surface area contributed by atoms with Gasteiger partial charge in [0.25, 0.3) is 0 Å². The predicted octanol–water partition coefficient (Wildman–Crippen LogP) is 5.28. The van der Waals surface area contributed by atoms with E-state index in [1.807, 2.05) is 95.7 Å². The molecule has 6 heteroatoms. The normalized spacial score (nSPS) is 10.6. The topological polar surface area (TPSA) is 56.1 Å². The minimum absolute atomic E-state index is 0.117. The number of imidazole rings is 1. The molecule has 5 nitrogen and oxygen atoms in total. The molecule has 3 aromatic carbocycles. The summed E-state index contributed by atoms with van der Waals surface area (Å²) in [6.07, 6.45) is 2.01. The molecule has 4 rings (SSSR count). The number of benzene rings is 3. The number of carbonyl (C=O) groups excluding carboxylic acids is 1. The van der Waals surface area contributed by atoms with Gasteiger partial charge in [0.05, 0.1) is 24.2 Å². The van der Waals surface area contributed by atoms with Crippen LogP contribution in [0.1, 0.15) is 0 Å². The Morgan fingerprint density at radius 1 is 0.967 bits per heavy atom. The molecule has 0 saturated heterocycles. The van der Waals surface area contributed by atoms with Gasteiger partial charge in [-0.2, -0.15) is 0 Å². The molecule has 0 fully saturated rings. The third-order valence-corrected chi connectivity index (χ3v) is 5.44. The first-order valence-corrected chi connectivity index (χ1v) is 10.5. The highest BCUT2D eigenvalue weighted by molar-refractivity contribution is 7.99. The van der Waals surface area contributed by atoms with Gasteiger partial charge < -0.3 is 10.1 Å². The molecule has 0 atom stereocenters. The summed E-state index contributed by atoms with van der Waals surface area (Å²) in [5.41, 5.74) is 3.56. The van der Waals surface area contributed by atoms with Crippen molar-refractivity contribution >= 4 is 23.4 Å². The Kier molecular flexibility index (Phi) is 6.15. The van der Waals surface area contributed by atoms with Crippen molar-refractivity contribution in [2.75, 3.05) is 18.2 Å². The summed E-state index contributed by atoms with van der Waals surface area (Å²) in [5.74, 6) is 0.747. The lowest BCUT2D eigenvalue weighted by Gasteiger charge is -2.10. The number of hydrogen-bond donors (Lipinski definition) is 1. The number of para-hydroxylation sites is 3. The van der Waals surface area contributed by atoms with E-state index in [1.54, 1.807) is 7.11 Å². The molecule has 0 bridgehead atoms. The van der Waals surface area contributed by atoms with E-state index in [0.717, 1.165) is 22.1 Å². The summed E-state index contributed by atoms with van der Waals surface area (Å²) in [5, 5.41) is 3.67. The number of anilines is 1. The Bertz CT molecular complexity index is 1130. The number of hydrogen-bond acceptors (Lipinski definition) is 4. The van der Waals surface area contributed by atoms with Crippen molar-refractivity contribution in [3.8, 4) is 22.7 Å². The molecule has 0 unspecified atom stereocenters. The number of nitrogens with zero attached hydrogens (tertiary/aromatic N) is 2. The minimum atomic E-state index is -0.117. The van der Waals surface area contributed by atoms with E-state index in [2.05, 4.69) is 5.32 Å². The monoisotopic (exact) mass is 415 g/mol. The molecule has 4 aromatic rings. The number of nitrogens with one attached hydrogen (secondary N) is 1. The highest BCUT2D eigenvalue weighted by atomic mass is 32.2. The minimum Gasteiger partial charge on any atom is -0.495 e. The molecule has 0 aliphatic carbocycles. The first-order chi connectivity index (χ1) is 14.7. The maximum absolute atomic E-state index is 12.6. The van der Waals surface area contributed by atoms with Crippen LogP contribution in [-0.2, 0) is 4.79 Å². The molecule has 0 spiro atoms. The van der Waals surface area contributed by atoms with Crippen LogP contribution in [0.3, 0.4) is 0 Å². The average molecular weight is 416 g/mol. The van der Waals surface area contributed by atoms with Gasteiger partial charge in [0, 0.05) is 17.4 Å². The number of carbonyl (C=O) groups is 1. The van der Waals surface area contributed by atoms with Crippen LogP contribution < -0.4 is 10.1 Å². The summed E-state index contributed by atoms with van der Waals surface area (Å²) < 4.78 is 7.32. The van der Waals surface area contributed by atoms with Gasteiger partial charge in [-0.25, -0.2) is 4.98 Å². The van der Waals surface area contributed by atoms with Crippen LogP contribution in [0.25, 0.3) is 16.9 Å². The predicted molar refractivity (Wildman–Crippen MR) is 121 cm³/mol. The van der Waals surface area contributed by atoms with Crippen LogP contribution in [0.4, 0.5) is 5.69 Å². The lowest BCUT2D eigenvalue weighted by Crippen LogP contribution is -2.15. The lowest BCUT2D eigenvalue weighted by molar-refractivity contribution is -0.113. The van der Waals surface area contributed by atoms with Gasteiger partial charge in [-0.3, -0.25) is 9.36 Å². The van der Waals surface area contributed by atoms with E-state index in [1.165, 1.54) is 11.8 Å². The van der Waals surface area contributed by atoms with Gasteiger partial charge in [-0.1, -0.05) is 72.4 Å². The Hall–Kier alpha value is -3.51. The van der Waals surface area contributed by atoms with Crippen LogP contribution in [0.2, 0.25) is 0 Å². The molecule has 1 N–H and O–H groups in total. The van der Waals surface area contributed by atoms with Crippen molar-refractivity contribution in [3.05, 3.63) is 91.1 Å². The number of methoxy groups -OCH3 is 1. The van der Waals surface area contributed by atoms with E-state index < -0.39 is 0 Å². The van der Waals surface area contributed by atoms with Gasteiger partial charge in [0.15, 0.2) is 5.16 Å². The second-order valence-electron chi connectivity index (χ2n) is 6.52. The van der Waals surface area contributed by atoms with Crippen molar-refractivity contribution in [2.45, 2.75) is 5.16 Å². The first-order valence-electron chi connectivity index (χ1n) is 9.50. The molecule has 30 heavy (non-hydrogen) atoms. The van der Waals surface area contributed by atoms with Crippen molar-refractivity contribution in [3.63, 3.8) is 0 Å². The zero-order valence-corrected chi connectivity index (χ0v) is 17.3. The SMILES string of the molecule is COc1ccccc1NC(=O)CSc1nc(-c2ccccc2)cn1-c1ccccc1. The fourth-order valence-corrected chi connectivity index (χ4v) is 3.84. The van der Waals surface area contributed by atoms with Gasteiger partial charge in [0.2, 0.25) is 5.91 Å². The molecular formula is C24H21N3O2S. The molecule has 150 valence electrons. The highest BCUT2D eigenvalue weighted by Gasteiger charge is 2.14. The standard InChI is InChI=1S/C24H21N3O2S/c1-29-22-15-9-8-14-20(22)25-23(28)17-30-24-26-21(18-10-4-2-5-11-18)16-27(24)19-12-6-3-7-13-19/h2-16H,17H2,1H3,(H,25,28). The van der Waals surface area contributed by atoms with Crippen LogP contribution in [-0.4, -0.2) is 28.3 Å². The molecule has 0 saturated carbocycles. The quantitative estimate of drug-likeness (QED) is 0.417. The number of rotatable bonds is 7. The van der Waals surface area contributed by atoms with Crippen LogP contribution in [0, 0.1) is 0 Å². The molecule has 0 aliphatic rings. The Balaban J connectivity index is 1.55. The van der Waals surface area contributed by atoms with E-state index in [9.17, 15) is 4.79 Å². The van der Waals surface area contributed by atoms with E-state index in [0.29, 0.717) is 11.4 Å². The summed E-state index contributed by atoms with van der Waals surface area (Å²) in [6.45, 7) is 0. The summed E-state index contributed by atoms with van der Waals surface area (Å²) in [4.78, 5) is 17.3. The van der Waals surface area contributed by atoms with Gasteiger partial charge in [-0.05, 0) is 24.3 Å². The van der Waals surface area contributed by atoms with E-state index in [-0.39, 0.29) is 11.7 Å². The smallest absolute Gasteiger partial charge is 0.234 e. The zero-order chi connectivity index (χ0) is 20.8. The number of thioether (sulfide) groups is 1. The fourth-order valence-electron chi connectivity index (χ4n) is 3.05. The molecule has 1 heterocycles. The Morgan fingerprint density at radius 3 is 2.37 bits per heavy atom. The Morgan fingerprint density at radius 2 is 1.63 bits per heavy atom. The molecule has 1 amide bonds. The first kappa shape index (κ1) is 19.8. The summed E-state index contributed by atoms with van der Waals surface area (Å²) in [7, 11) is 1.58. The third kappa shape index (κ3) is 4.55. The fraction of sp³-hybridized carbons (Fsp3) is 0.0833. The van der Waals surface area contributed by atoms with Crippen LogP contribution in [0.5, 0.6) is 5.75 Å². The second kappa shape index (κ2) is 9.33. The lowest BCUT2D eigenvalue weighted by atomic mass is 10.2. The maximum Gasteiger partial charge on any atom is 0.234 e. The number of amides is 1. The average Bonchev–Trinajstić information content (AvgIpc) is 3.24. The van der Waals surface area contributed by atoms with E-state index in [4.69, 9.17) is 9.72 Å². The third-order valence-electron chi connectivity index (χ3n) is 4.49. The molecule has 0 aliphatic heterocycles. The largest absolute Gasteiger partial charge is 0.495 e. The summed E-state index contributed by atoms with van der Waals surface area (Å²) in [6, 6.07) is 27.4. The zero-order valence-electron chi connectivity index (χ0n) is 16.5.